The first kappa shape index (κ1) is 18.6. The molecule has 0 atom stereocenters. The van der Waals surface area contributed by atoms with Crippen molar-refractivity contribution in [3.05, 3.63) is 57.2 Å². The topological polar surface area (TPSA) is 80.1 Å². The third kappa shape index (κ3) is 3.64. The van der Waals surface area contributed by atoms with Gasteiger partial charge in [-0.25, -0.2) is 9.78 Å². The number of hydrogen-bond donors (Lipinski definition) is 1. The molecule has 3 aromatic heterocycles. The molecule has 28 heavy (non-hydrogen) atoms. The minimum Gasteiger partial charge on any atom is -0.338 e. The molecule has 0 saturated carbocycles. The smallest absolute Gasteiger partial charge is 0.317 e. The fourth-order valence-electron chi connectivity index (χ4n) is 3.48. The van der Waals surface area contributed by atoms with Gasteiger partial charge in [0, 0.05) is 30.4 Å². The Hall–Kier alpha value is -2.74. The summed E-state index contributed by atoms with van der Waals surface area (Å²) in [7, 11) is 0. The summed E-state index contributed by atoms with van der Waals surface area (Å²) in [6.07, 6.45) is 7.80. The molecule has 4 rings (SSSR count). The summed E-state index contributed by atoms with van der Waals surface area (Å²) < 4.78 is 1.64. The van der Waals surface area contributed by atoms with Gasteiger partial charge < -0.3 is 10.2 Å². The Balaban J connectivity index is 1.59. The van der Waals surface area contributed by atoms with E-state index in [1.807, 2.05) is 17.0 Å². The highest BCUT2D eigenvalue weighted by atomic mass is 32.1. The van der Waals surface area contributed by atoms with Crippen molar-refractivity contribution in [2.75, 3.05) is 13.1 Å². The highest BCUT2D eigenvalue weighted by molar-refractivity contribution is 7.18. The van der Waals surface area contributed by atoms with E-state index in [1.165, 1.54) is 11.3 Å². The van der Waals surface area contributed by atoms with E-state index in [9.17, 15) is 9.59 Å². The lowest BCUT2D eigenvalue weighted by Gasteiger charge is -2.27. The predicted molar refractivity (Wildman–Crippen MR) is 110 cm³/mol. The maximum absolute atomic E-state index is 13.1. The van der Waals surface area contributed by atoms with Crippen molar-refractivity contribution in [1.29, 1.82) is 0 Å². The Morgan fingerprint density at radius 3 is 3.07 bits per heavy atom. The van der Waals surface area contributed by atoms with Crippen LogP contribution in [0.4, 0.5) is 4.79 Å². The number of fused-ring (bicyclic) bond motifs is 3. The maximum Gasteiger partial charge on any atom is 0.317 e. The van der Waals surface area contributed by atoms with Crippen LogP contribution in [-0.2, 0) is 19.5 Å². The van der Waals surface area contributed by atoms with Gasteiger partial charge in [-0.05, 0) is 30.0 Å². The Morgan fingerprint density at radius 1 is 1.39 bits per heavy atom. The molecule has 146 valence electrons. The normalized spacial score (nSPS) is 13.5. The number of nitrogens with zero attached hydrogens (tertiary/aromatic N) is 4. The van der Waals surface area contributed by atoms with Crippen LogP contribution < -0.4 is 10.9 Å². The first-order chi connectivity index (χ1) is 13.7. The molecule has 0 fully saturated rings. The van der Waals surface area contributed by atoms with Crippen molar-refractivity contribution < 1.29 is 4.79 Å². The minimum absolute atomic E-state index is 0.0211. The molecule has 0 aliphatic carbocycles. The molecule has 8 heteroatoms. The molecule has 1 aliphatic rings. The van der Waals surface area contributed by atoms with Crippen LogP contribution in [0, 0.1) is 0 Å². The Labute approximate surface area is 167 Å². The van der Waals surface area contributed by atoms with Crippen LogP contribution in [0.15, 0.2) is 35.6 Å². The number of pyridine rings is 1. The minimum atomic E-state index is -0.0292. The first-order valence-electron chi connectivity index (χ1n) is 9.58. The van der Waals surface area contributed by atoms with Gasteiger partial charge in [0.1, 0.15) is 4.83 Å². The van der Waals surface area contributed by atoms with Crippen molar-refractivity contribution in [3.63, 3.8) is 0 Å². The van der Waals surface area contributed by atoms with Crippen molar-refractivity contribution in [2.45, 2.75) is 39.3 Å². The molecule has 0 bridgehead atoms. The quantitative estimate of drug-likeness (QED) is 0.672. The monoisotopic (exact) mass is 397 g/mol. The molecule has 3 aromatic rings. The zero-order valence-corrected chi connectivity index (χ0v) is 16.7. The first-order valence-corrected chi connectivity index (χ1v) is 10.4. The highest BCUT2D eigenvalue weighted by Gasteiger charge is 2.26. The molecule has 0 radical (unpaired) electrons. The molecular formula is C20H23N5O2S. The number of nitrogens with one attached hydrogen (secondary N) is 1. The molecule has 0 aromatic carbocycles. The number of carbonyl (C=O) groups excluding carboxylic acids is 1. The second-order valence-electron chi connectivity index (χ2n) is 6.98. The molecule has 0 unspecified atom stereocenters. The van der Waals surface area contributed by atoms with Crippen molar-refractivity contribution >= 4 is 27.6 Å². The second-order valence-corrected chi connectivity index (χ2v) is 8.06. The average molecular weight is 398 g/mol. The summed E-state index contributed by atoms with van der Waals surface area (Å²) in [5, 5.41) is 3.68. The van der Waals surface area contributed by atoms with Gasteiger partial charge in [-0.3, -0.25) is 14.3 Å². The number of amides is 2. The van der Waals surface area contributed by atoms with Crippen molar-refractivity contribution in [1.82, 2.24) is 24.8 Å². The number of hydrogen-bond acceptors (Lipinski definition) is 5. The maximum atomic E-state index is 13.1. The van der Waals surface area contributed by atoms with Gasteiger partial charge in [0.2, 0.25) is 0 Å². The lowest BCUT2D eigenvalue weighted by Crippen LogP contribution is -2.42. The van der Waals surface area contributed by atoms with Gasteiger partial charge in [-0.15, -0.1) is 11.3 Å². The van der Waals surface area contributed by atoms with Crippen molar-refractivity contribution in [3.8, 4) is 0 Å². The average Bonchev–Trinajstić information content (AvgIpc) is 3.09. The zero-order valence-electron chi connectivity index (χ0n) is 15.9. The van der Waals surface area contributed by atoms with E-state index in [1.54, 1.807) is 23.3 Å². The molecule has 4 heterocycles. The number of urea groups is 1. The number of thiophene rings is 1. The summed E-state index contributed by atoms with van der Waals surface area (Å²) >= 11 is 1.52. The van der Waals surface area contributed by atoms with E-state index >= 15 is 0 Å². The third-order valence-electron chi connectivity index (χ3n) is 5.00. The molecule has 0 saturated heterocycles. The summed E-state index contributed by atoms with van der Waals surface area (Å²) in [5.74, 6) is 0. The SMILES string of the molecule is CCCCNC(=O)N1CCc2c(sc3ncn(Cc4cccnc4)c(=O)c23)C1. The van der Waals surface area contributed by atoms with E-state index in [-0.39, 0.29) is 11.6 Å². The fourth-order valence-corrected chi connectivity index (χ4v) is 4.67. The van der Waals surface area contributed by atoms with Crippen LogP contribution in [0.5, 0.6) is 0 Å². The standard InChI is InChI=1S/C20H23N5O2S/c1-2-3-8-22-20(27)24-9-6-15-16(12-24)28-18-17(15)19(26)25(13-23-18)11-14-5-4-7-21-10-14/h4-5,7,10,13H,2-3,6,8-9,11-12H2,1H3,(H,22,27). The van der Waals surface area contributed by atoms with Gasteiger partial charge in [-0.2, -0.15) is 0 Å². The fraction of sp³-hybridized carbons (Fsp3) is 0.400. The van der Waals surface area contributed by atoms with Gasteiger partial charge in [0.25, 0.3) is 5.56 Å². The van der Waals surface area contributed by atoms with Gasteiger partial charge in [0.15, 0.2) is 0 Å². The van der Waals surface area contributed by atoms with E-state index < -0.39 is 0 Å². The molecular weight excluding hydrogens is 374 g/mol. The van der Waals surface area contributed by atoms with E-state index in [2.05, 4.69) is 22.2 Å². The van der Waals surface area contributed by atoms with Gasteiger partial charge in [-0.1, -0.05) is 19.4 Å². The number of unbranched alkanes of at least 4 members (excludes halogenated alkanes) is 1. The molecule has 1 aliphatic heterocycles. The number of rotatable bonds is 5. The largest absolute Gasteiger partial charge is 0.338 e. The van der Waals surface area contributed by atoms with Gasteiger partial charge in [0.05, 0.1) is 24.8 Å². The van der Waals surface area contributed by atoms with Crippen LogP contribution in [0.3, 0.4) is 0 Å². The summed E-state index contributed by atoms with van der Waals surface area (Å²) in [6.45, 7) is 4.41. The Morgan fingerprint density at radius 2 is 2.29 bits per heavy atom. The van der Waals surface area contributed by atoms with Crippen LogP contribution in [0.2, 0.25) is 0 Å². The predicted octanol–water partition coefficient (Wildman–Crippen LogP) is 2.77. The van der Waals surface area contributed by atoms with Crippen LogP contribution >= 0.6 is 11.3 Å². The molecule has 0 spiro atoms. The lowest BCUT2D eigenvalue weighted by molar-refractivity contribution is 0.193. The zero-order chi connectivity index (χ0) is 19.5. The number of carbonyl (C=O) groups is 1. The van der Waals surface area contributed by atoms with Gasteiger partial charge >= 0.3 is 6.03 Å². The summed E-state index contributed by atoms with van der Waals surface area (Å²) in [5.41, 5.74) is 1.99. The second kappa shape index (κ2) is 8.10. The van der Waals surface area contributed by atoms with Crippen LogP contribution in [-0.4, -0.2) is 38.6 Å². The highest BCUT2D eigenvalue weighted by Crippen LogP contribution is 2.32. The molecule has 2 amide bonds. The van der Waals surface area contributed by atoms with E-state index in [0.717, 1.165) is 33.7 Å². The summed E-state index contributed by atoms with van der Waals surface area (Å²) in [6, 6.07) is 3.78. The third-order valence-corrected chi connectivity index (χ3v) is 6.12. The number of aromatic nitrogens is 3. The molecule has 7 nitrogen and oxygen atoms in total. The molecule has 1 N–H and O–H groups in total. The van der Waals surface area contributed by atoms with Crippen LogP contribution in [0.25, 0.3) is 10.2 Å². The van der Waals surface area contributed by atoms with E-state index in [4.69, 9.17) is 0 Å². The Bertz CT molecular complexity index is 1040. The Kier molecular flexibility index (Phi) is 5.38. The van der Waals surface area contributed by atoms with Crippen molar-refractivity contribution in [2.24, 2.45) is 0 Å². The van der Waals surface area contributed by atoms with E-state index in [0.29, 0.717) is 38.0 Å². The lowest BCUT2D eigenvalue weighted by atomic mass is 10.1. The summed E-state index contributed by atoms with van der Waals surface area (Å²) in [4.78, 5) is 37.7. The van der Waals surface area contributed by atoms with Crippen LogP contribution in [0.1, 0.15) is 35.8 Å².